The predicted molar refractivity (Wildman–Crippen MR) is 105 cm³/mol. The monoisotopic (exact) mass is 378 g/mol. The fourth-order valence-corrected chi connectivity index (χ4v) is 3.67. The third-order valence-electron chi connectivity index (χ3n) is 4.98. The lowest BCUT2D eigenvalue weighted by Crippen LogP contribution is -2.28. The summed E-state index contributed by atoms with van der Waals surface area (Å²) in [7, 11) is 0. The van der Waals surface area contributed by atoms with Crippen LogP contribution < -0.4 is 15.7 Å². The van der Waals surface area contributed by atoms with E-state index in [1.807, 2.05) is 37.3 Å². The zero-order valence-corrected chi connectivity index (χ0v) is 15.8. The first-order valence-electron chi connectivity index (χ1n) is 9.50. The van der Waals surface area contributed by atoms with E-state index in [0.717, 1.165) is 53.5 Å². The number of aryl methyl sites for hydroxylation is 2. The molecular weight excluding hydrogens is 356 g/mol. The molecule has 0 unspecified atom stereocenters. The number of pyridine rings is 1. The Morgan fingerprint density at radius 2 is 2.04 bits per heavy atom. The van der Waals surface area contributed by atoms with Crippen molar-refractivity contribution in [2.45, 2.75) is 39.2 Å². The number of ether oxygens (including phenoxy) is 1. The first-order chi connectivity index (χ1) is 13.6. The van der Waals surface area contributed by atoms with Gasteiger partial charge < -0.3 is 14.5 Å². The van der Waals surface area contributed by atoms with Crippen LogP contribution in [-0.4, -0.2) is 17.5 Å². The number of amides is 1. The van der Waals surface area contributed by atoms with Crippen LogP contribution >= 0.6 is 0 Å². The van der Waals surface area contributed by atoms with Gasteiger partial charge in [0.05, 0.1) is 17.6 Å². The van der Waals surface area contributed by atoms with Crippen molar-refractivity contribution in [3.8, 4) is 5.75 Å². The molecule has 0 bridgehead atoms. The molecule has 1 aliphatic rings. The van der Waals surface area contributed by atoms with E-state index in [1.165, 1.54) is 0 Å². The van der Waals surface area contributed by atoms with E-state index >= 15 is 0 Å². The van der Waals surface area contributed by atoms with E-state index in [9.17, 15) is 9.59 Å². The second kappa shape index (κ2) is 7.84. The van der Waals surface area contributed by atoms with Crippen LogP contribution in [-0.2, 0) is 24.2 Å². The lowest BCUT2D eigenvalue weighted by atomic mass is 9.90. The number of nitrogens with zero attached hydrogens (tertiary/aromatic N) is 1. The topological polar surface area (TPSA) is 81.4 Å². The molecule has 0 atom stereocenters. The number of rotatable bonds is 5. The van der Waals surface area contributed by atoms with Crippen molar-refractivity contribution in [3.05, 3.63) is 69.3 Å². The highest BCUT2D eigenvalue weighted by atomic mass is 16.5. The van der Waals surface area contributed by atoms with E-state index < -0.39 is 0 Å². The van der Waals surface area contributed by atoms with E-state index in [1.54, 1.807) is 6.20 Å². The van der Waals surface area contributed by atoms with Gasteiger partial charge in [0.15, 0.2) is 6.61 Å². The summed E-state index contributed by atoms with van der Waals surface area (Å²) in [5.41, 5.74) is 3.71. The van der Waals surface area contributed by atoms with Crippen molar-refractivity contribution < 1.29 is 13.9 Å². The lowest BCUT2D eigenvalue weighted by Gasteiger charge is -2.18. The fraction of sp³-hybridized carbons (Fsp3) is 0.318. The smallest absolute Gasteiger partial charge is 0.339 e. The van der Waals surface area contributed by atoms with Gasteiger partial charge in [0.25, 0.3) is 5.91 Å². The van der Waals surface area contributed by atoms with Crippen LogP contribution in [0.1, 0.15) is 35.2 Å². The maximum atomic E-state index is 12.3. The third kappa shape index (κ3) is 3.76. The van der Waals surface area contributed by atoms with Crippen LogP contribution in [0.5, 0.6) is 5.75 Å². The molecule has 0 saturated heterocycles. The van der Waals surface area contributed by atoms with Crippen LogP contribution in [0.25, 0.3) is 11.0 Å². The number of benzene rings is 1. The zero-order chi connectivity index (χ0) is 19.5. The van der Waals surface area contributed by atoms with Crippen molar-refractivity contribution in [1.82, 2.24) is 10.3 Å². The summed E-state index contributed by atoms with van der Waals surface area (Å²) in [5.74, 6) is 0.358. The Kier molecular flexibility index (Phi) is 5.10. The molecule has 6 heteroatoms. The van der Waals surface area contributed by atoms with Crippen LogP contribution in [0.4, 0.5) is 0 Å². The van der Waals surface area contributed by atoms with E-state index in [4.69, 9.17) is 9.15 Å². The minimum atomic E-state index is -0.258. The van der Waals surface area contributed by atoms with Crippen molar-refractivity contribution in [3.63, 3.8) is 0 Å². The number of carbonyl (C=O) groups is 1. The first-order valence-corrected chi connectivity index (χ1v) is 9.50. The Morgan fingerprint density at radius 1 is 1.21 bits per heavy atom. The summed E-state index contributed by atoms with van der Waals surface area (Å²) in [6.45, 7) is 2.15. The van der Waals surface area contributed by atoms with Crippen molar-refractivity contribution in [2.75, 3.05) is 6.61 Å². The van der Waals surface area contributed by atoms with Gasteiger partial charge in [-0.2, -0.15) is 0 Å². The molecule has 2 aromatic heterocycles. The predicted octanol–water partition coefficient (Wildman–Crippen LogP) is 3.07. The minimum absolute atomic E-state index is 0.112. The Labute approximate surface area is 162 Å². The molecule has 0 radical (unpaired) electrons. The van der Waals surface area contributed by atoms with Gasteiger partial charge in [-0.25, -0.2) is 4.79 Å². The highest BCUT2D eigenvalue weighted by Gasteiger charge is 2.21. The van der Waals surface area contributed by atoms with Crippen molar-refractivity contribution >= 4 is 16.9 Å². The van der Waals surface area contributed by atoms with E-state index in [0.29, 0.717) is 17.9 Å². The minimum Gasteiger partial charge on any atom is -0.483 e. The van der Waals surface area contributed by atoms with Gasteiger partial charge in [0.2, 0.25) is 0 Å². The quantitative estimate of drug-likeness (QED) is 0.690. The zero-order valence-electron chi connectivity index (χ0n) is 15.8. The van der Waals surface area contributed by atoms with Gasteiger partial charge in [0, 0.05) is 11.8 Å². The van der Waals surface area contributed by atoms with Crippen molar-refractivity contribution in [1.29, 1.82) is 0 Å². The largest absolute Gasteiger partial charge is 0.483 e. The van der Waals surface area contributed by atoms with Crippen LogP contribution in [0.3, 0.4) is 0 Å². The lowest BCUT2D eigenvalue weighted by molar-refractivity contribution is -0.123. The fourth-order valence-electron chi connectivity index (χ4n) is 3.67. The summed E-state index contributed by atoms with van der Waals surface area (Å²) in [6.07, 6.45) is 5.26. The Hall–Kier alpha value is -3.15. The molecule has 3 aromatic rings. The summed E-state index contributed by atoms with van der Waals surface area (Å²) >= 11 is 0. The second-order valence-corrected chi connectivity index (χ2v) is 7.08. The van der Waals surface area contributed by atoms with Gasteiger partial charge in [-0.15, -0.1) is 0 Å². The Balaban J connectivity index is 1.56. The number of hydrogen-bond acceptors (Lipinski definition) is 5. The highest BCUT2D eigenvalue weighted by molar-refractivity contribution is 5.89. The number of aromatic nitrogens is 1. The molecule has 2 heterocycles. The molecule has 0 spiro atoms. The molecule has 0 aliphatic heterocycles. The van der Waals surface area contributed by atoms with Gasteiger partial charge in [-0.05, 0) is 68.0 Å². The Morgan fingerprint density at radius 3 is 2.82 bits per heavy atom. The maximum absolute atomic E-state index is 12.3. The molecule has 144 valence electrons. The summed E-state index contributed by atoms with van der Waals surface area (Å²) in [4.78, 5) is 28.7. The van der Waals surface area contributed by atoms with Gasteiger partial charge in [0.1, 0.15) is 11.3 Å². The average Bonchev–Trinajstić information content (AvgIpc) is 2.71. The molecule has 4 rings (SSSR count). The summed E-state index contributed by atoms with van der Waals surface area (Å²) in [6, 6.07) is 9.30. The number of nitrogens with one attached hydrogen (secondary N) is 1. The SMILES string of the molecule is Cc1cc(OCC(=O)NCc2ccccn2)c2c3c(c(=O)oc2c1)CCCC3. The number of carbonyl (C=O) groups excluding carboxylic acids is 1. The van der Waals surface area contributed by atoms with E-state index in [2.05, 4.69) is 10.3 Å². The van der Waals surface area contributed by atoms with E-state index in [-0.39, 0.29) is 18.1 Å². The van der Waals surface area contributed by atoms with Gasteiger partial charge in [-0.1, -0.05) is 6.07 Å². The van der Waals surface area contributed by atoms with Gasteiger partial charge in [-0.3, -0.25) is 9.78 Å². The number of hydrogen-bond donors (Lipinski definition) is 1. The molecule has 1 aromatic carbocycles. The molecule has 1 N–H and O–H groups in total. The maximum Gasteiger partial charge on any atom is 0.339 e. The third-order valence-corrected chi connectivity index (χ3v) is 4.98. The Bertz CT molecular complexity index is 1070. The highest BCUT2D eigenvalue weighted by Crippen LogP contribution is 2.34. The van der Waals surface area contributed by atoms with Crippen LogP contribution in [0.15, 0.2) is 45.7 Å². The van der Waals surface area contributed by atoms with Gasteiger partial charge >= 0.3 is 5.63 Å². The average molecular weight is 378 g/mol. The summed E-state index contributed by atoms with van der Waals surface area (Å²) in [5, 5.41) is 3.62. The molecule has 0 saturated carbocycles. The van der Waals surface area contributed by atoms with Crippen LogP contribution in [0, 0.1) is 6.92 Å². The first kappa shape index (κ1) is 18.2. The normalized spacial score (nSPS) is 13.2. The molecule has 1 aliphatic carbocycles. The molecule has 6 nitrogen and oxygen atoms in total. The number of fused-ring (bicyclic) bond motifs is 3. The standard InChI is InChI=1S/C22H22N2O4/c1-14-10-18(27-13-20(25)24-12-15-6-4-5-9-23-15)21-16-7-2-3-8-17(16)22(26)28-19(21)11-14/h4-6,9-11H,2-3,7-8,12-13H2,1H3,(H,24,25). The molecule has 28 heavy (non-hydrogen) atoms. The van der Waals surface area contributed by atoms with Crippen molar-refractivity contribution in [2.24, 2.45) is 0 Å². The molecule has 0 fully saturated rings. The summed E-state index contributed by atoms with van der Waals surface area (Å²) < 4.78 is 11.4. The molecule has 1 amide bonds. The molecular formula is C22H22N2O4. The van der Waals surface area contributed by atoms with Crippen LogP contribution in [0.2, 0.25) is 0 Å². The second-order valence-electron chi connectivity index (χ2n) is 7.08.